The first kappa shape index (κ1) is 14.3. The van der Waals surface area contributed by atoms with Gasteiger partial charge in [0.2, 0.25) is 0 Å². The van der Waals surface area contributed by atoms with Crippen LogP contribution in [0.2, 0.25) is 0 Å². The van der Waals surface area contributed by atoms with Crippen LogP contribution in [0.3, 0.4) is 0 Å². The van der Waals surface area contributed by atoms with E-state index in [2.05, 4.69) is 16.4 Å². The Morgan fingerprint density at radius 2 is 2.22 bits per heavy atom. The lowest BCUT2D eigenvalue weighted by atomic mass is 9.75. The molecule has 1 fully saturated rings. The summed E-state index contributed by atoms with van der Waals surface area (Å²) in [7, 11) is 0. The van der Waals surface area contributed by atoms with E-state index in [0.717, 1.165) is 37.2 Å². The van der Waals surface area contributed by atoms with Crippen LogP contribution in [-0.4, -0.2) is 28.7 Å². The summed E-state index contributed by atoms with van der Waals surface area (Å²) in [6, 6.07) is 9.63. The first-order valence-electron chi connectivity index (χ1n) is 8.08. The van der Waals surface area contributed by atoms with E-state index in [0.29, 0.717) is 5.69 Å². The van der Waals surface area contributed by atoms with E-state index < -0.39 is 0 Å². The molecule has 1 atom stereocenters. The fourth-order valence-electron chi connectivity index (χ4n) is 3.47. The van der Waals surface area contributed by atoms with Crippen molar-refractivity contribution >= 4 is 5.91 Å². The summed E-state index contributed by atoms with van der Waals surface area (Å²) in [5.41, 5.74) is 2.84. The third-order valence-corrected chi connectivity index (χ3v) is 4.82. The van der Waals surface area contributed by atoms with Gasteiger partial charge < -0.3 is 20.1 Å². The lowest BCUT2D eigenvalue weighted by molar-refractivity contribution is 0.0234. The minimum Gasteiger partial charge on any atom is -0.493 e. The van der Waals surface area contributed by atoms with Crippen LogP contribution < -0.4 is 10.1 Å². The number of carbonyl (C=O) groups is 1. The van der Waals surface area contributed by atoms with Crippen LogP contribution in [0, 0.1) is 5.92 Å². The fourth-order valence-corrected chi connectivity index (χ4v) is 3.47. The Morgan fingerprint density at radius 3 is 2.96 bits per heavy atom. The maximum Gasteiger partial charge on any atom is 0.268 e. The van der Waals surface area contributed by atoms with E-state index in [1.165, 1.54) is 5.56 Å². The van der Waals surface area contributed by atoms with Crippen LogP contribution in [0.25, 0.3) is 0 Å². The maximum absolute atomic E-state index is 12.4. The van der Waals surface area contributed by atoms with E-state index in [1.807, 2.05) is 18.2 Å². The molecule has 1 aromatic carbocycles. The average Bonchev–Trinajstić information content (AvgIpc) is 3.19. The first-order valence-corrected chi connectivity index (χ1v) is 8.08. The zero-order chi connectivity index (χ0) is 15.8. The number of aromatic nitrogens is 1. The van der Waals surface area contributed by atoms with Gasteiger partial charge in [0.25, 0.3) is 5.91 Å². The Labute approximate surface area is 134 Å². The molecule has 0 spiro atoms. The highest BCUT2D eigenvalue weighted by Crippen LogP contribution is 2.39. The summed E-state index contributed by atoms with van der Waals surface area (Å²) in [4.78, 5) is 15.4. The highest BCUT2D eigenvalue weighted by molar-refractivity contribution is 5.92. The van der Waals surface area contributed by atoms with Gasteiger partial charge in [0, 0.05) is 12.6 Å². The molecule has 5 nitrogen and oxygen atoms in total. The summed E-state index contributed by atoms with van der Waals surface area (Å²) in [5.74, 6) is 1.10. The average molecular weight is 312 g/mol. The molecule has 3 N–H and O–H groups in total. The molecule has 0 bridgehead atoms. The largest absolute Gasteiger partial charge is 0.493 e. The maximum atomic E-state index is 12.4. The lowest BCUT2D eigenvalue weighted by Gasteiger charge is -2.38. The molecule has 23 heavy (non-hydrogen) atoms. The van der Waals surface area contributed by atoms with Crippen molar-refractivity contribution in [1.29, 1.82) is 0 Å². The number of aliphatic hydroxyl groups excluding tert-OH is 1. The minimum absolute atomic E-state index is 0.0832. The molecule has 120 valence electrons. The van der Waals surface area contributed by atoms with Gasteiger partial charge in [0.1, 0.15) is 11.4 Å². The van der Waals surface area contributed by atoms with Gasteiger partial charge in [-0.25, -0.2) is 0 Å². The van der Waals surface area contributed by atoms with Crippen molar-refractivity contribution in [3.63, 3.8) is 0 Å². The molecule has 1 saturated carbocycles. The fraction of sp³-hybridized carbons (Fsp3) is 0.389. The molecular formula is C18H20N2O3. The minimum atomic E-state index is -0.248. The molecule has 1 aliphatic heterocycles. The molecule has 1 aromatic heterocycles. The topological polar surface area (TPSA) is 74.3 Å². The Balaban J connectivity index is 1.59. The third kappa shape index (κ3) is 2.72. The Kier molecular flexibility index (Phi) is 3.58. The quantitative estimate of drug-likeness (QED) is 0.810. The summed E-state index contributed by atoms with van der Waals surface area (Å²) in [5, 5.41) is 12.8. The number of aromatic amines is 1. The summed E-state index contributed by atoms with van der Waals surface area (Å²) in [6.45, 7) is 0.723. The molecule has 1 amide bonds. The number of amides is 1. The number of fused-ring (bicyclic) bond motifs is 1. The monoisotopic (exact) mass is 312 g/mol. The summed E-state index contributed by atoms with van der Waals surface area (Å²) in [6.07, 6.45) is 3.85. The number of rotatable bonds is 4. The second-order valence-corrected chi connectivity index (χ2v) is 6.39. The van der Waals surface area contributed by atoms with E-state index in [-0.39, 0.29) is 24.0 Å². The Hall–Kier alpha value is -2.27. The van der Waals surface area contributed by atoms with Crippen LogP contribution >= 0.6 is 0 Å². The number of nitrogens with one attached hydrogen (secondary N) is 2. The van der Waals surface area contributed by atoms with Crippen molar-refractivity contribution in [3.05, 3.63) is 53.3 Å². The van der Waals surface area contributed by atoms with Crippen LogP contribution in [0.15, 0.2) is 36.5 Å². The van der Waals surface area contributed by atoms with Gasteiger partial charge in [-0.3, -0.25) is 4.79 Å². The standard InChI is InChI=1S/C18H20N2O3/c21-14-9-13(10-14)17(20-18(22)15-2-1-6-19-15)12-3-4-16-11(8-12)5-7-23-16/h1-4,6,8,13-14,17,19,21H,5,7,9-10H2,(H,20,22)/t13?,14?,17-/m0/s1. The van der Waals surface area contributed by atoms with Gasteiger partial charge >= 0.3 is 0 Å². The SMILES string of the molecule is O=C(N[C@@H](c1ccc2c(c1)CCO2)C1CC(O)C1)c1ccc[nH]1. The highest BCUT2D eigenvalue weighted by Gasteiger charge is 2.36. The zero-order valence-corrected chi connectivity index (χ0v) is 12.8. The first-order chi connectivity index (χ1) is 11.2. The van der Waals surface area contributed by atoms with Gasteiger partial charge in [-0.2, -0.15) is 0 Å². The third-order valence-electron chi connectivity index (χ3n) is 4.82. The highest BCUT2D eigenvalue weighted by atomic mass is 16.5. The molecule has 0 radical (unpaired) electrons. The van der Waals surface area contributed by atoms with Crippen LogP contribution in [0.1, 0.15) is 40.5 Å². The van der Waals surface area contributed by atoms with Crippen molar-refractivity contribution < 1.29 is 14.6 Å². The molecule has 2 heterocycles. The predicted molar refractivity (Wildman–Crippen MR) is 85.4 cm³/mol. The van der Waals surface area contributed by atoms with Crippen LogP contribution in [-0.2, 0) is 6.42 Å². The molecule has 5 heteroatoms. The number of H-pyrrole nitrogens is 1. The van der Waals surface area contributed by atoms with E-state index in [4.69, 9.17) is 4.74 Å². The van der Waals surface area contributed by atoms with E-state index >= 15 is 0 Å². The van der Waals surface area contributed by atoms with Crippen LogP contribution in [0.4, 0.5) is 0 Å². The van der Waals surface area contributed by atoms with Crippen molar-refractivity contribution in [2.24, 2.45) is 5.92 Å². The molecule has 2 aliphatic rings. The Morgan fingerprint density at radius 1 is 1.35 bits per heavy atom. The second kappa shape index (κ2) is 5.74. The van der Waals surface area contributed by atoms with Gasteiger partial charge in [0.05, 0.1) is 18.8 Å². The van der Waals surface area contributed by atoms with Gasteiger partial charge in [-0.05, 0) is 54.2 Å². The van der Waals surface area contributed by atoms with E-state index in [1.54, 1.807) is 12.3 Å². The number of hydrogen-bond acceptors (Lipinski definition) is 3. The molecule has 2 aromatic rings. The van der Waals surface area contributed by atoms with Gasteiger partial charge in [-0.15, -0.1) is 0 Å². The van der Waals surface area contributed by atoms with Crippen molar-refractivity contribution in [3.8, 4) is 5.75 Å². The molecule has 0 saturated heterocycles. The number of aliphatic hydroxyl groups is 1. The summed E-state index contributed by atoms with van der Waals surface area (Å²) >= 11 is 0. The number of ether oxygens (including phenoxy) is 1. The van der Waals surface area contributed by atoms with Gasteiger partial charge in [-0.1, -0.05) is 6.07 Å². The van der Waals surface area contributed by atoms with Crippen molar-refractivity contribution in [2.75, 3.05) is 6.61 Å². The van der Waals surface area contributed by atoms with Crippen LogP contribution in [0.5, 0.6) is 5.75 Å². The van der Waals surface area contributed by atoms with E-state index in [9.17, 15) is 9.90 Å². The molecule has 1 aliphatic carbocycles. The molecule has 4 rings (SSSR count). The Bertz CT molecular complexity index is 705. The predicted octanol–water partition coefficient (Wildman–Crippen LogP) is 2.19. The number of hydrogen-bond donors (Lipinski definition) is 3. The van der Waals surface area contributed by atoms with Crippen molar-refractivity contribution in [1.82, 2.24) is 10.3 Å². The van der Waals surface area contributed by atoms with Crippen molar-refractivity contribution in [2.45, 2.75) is 31.4 Å². The normalized spacial score (nSPS) is 23.5. The summed E-state index contributed by atoms with van der Waals surface area (Å²) < 4.78 is 5.56. The molecular weight excluding hydrogens is 292 g/mol. The number of carbonyl (C=O) groups excluding carboxylic acids is 1. The second-order valence-electron chi connectivity index (χ2n) is 6.39. The number of benzene rings is 1. The smallest absolute Gasteiger partial charge is 0.268 e. The molecule has 0 unspecified atom stereocenters. The lowest BCUT2D eigenvalue weighted by Crippen LogP contribution is -2.41. The van der Waals surface area contributed by atoms with Gasteiger partial charge in [0.15, 0.2) is 0 Å². The zero-order valence-electron chi connectivity index (χ0n) is 12.8.